The minimum absolute atomic E-state index is 0.113. The maximum Gasteiger partial charge on any atom is 0.322 e. The number of alkyl halides is 1. The summed E-state index contributed by atoms with van der Waals surface area (Å²) in [5, 5.41) is 0. The van der Waals surface area contributed by atoms with Crippen LogP contribution in [-0.4, -0.2) is 30.6 Å². The first-order chi connectivity index (χ1) is 4.25. The van der Waals surface area contributed by atoms with E-state index in [1.165, 1.54) is 0 Å². The van der Waals surface area contributed by atoms with Gasteiger partial charge in [0, 0.05) is 7.11 Å². The minimum Gasteiger partial charge on any atom is -0.462 e. The Kier molecular flexibility index (Phi) is 2.08. The van der Waals surface area contributed by atoms with Gasteiger partial charge in [0.1, 0.15) is 17.5 Å². The van der Waals surface area contributed by atoms with E-state index in [0.29, 0.717) is 6.61 Å². The van der Waals surface area contributed by atoms with E-state index in [1.54, 1.807) is 7.11 Å². The minimum atomic E-state index is -0.275. The van der Waals surface area contributed by atoms with Crippen molar-refractivity contribution in [2.24, 2.45) is 0 Å². The van der Waals surface area contributed by atoms with Crippen LogP contribution in [0.15, 0.2) is 0 Å². The molecule has 0 spiro atoms. The topological polar surface area (TPSA) is 35.5 Å². The van der Waals surface area contributed by atoms with Gasteiger partial charge >= 0.3 is 5.97 Å². The van der Waals surface area contributed by atoms with Crippen molar-refractivity contribution in [3.05, 3.63) is 0 Å². The highest BCUT2D eigenvalue weighted by atomic mass is 79.9. The van der Waals surface area contributed by atoms with Crippen molar-refractivity contribution in [3.63, 3.8) is 0 Å². The lowest BCUT2D eigenvalue weighted by molar-refractivity contribution is -0.137. The summed E-state index contributed by atoms with van der Waals surface area (Å²) < 4.78 is 9.56. The summed E-state index contributed by atoms with van der Waals surface area (Å²) >= 11 is 3.13. The van der Waals surface area contributed by atoms with Crippen LogP contribution in [0.5, 0.6) is 0 Å². The van der Waals surface area contributed by atoms with Gasteiger partial charge in [-0.1, -0.05) is 15.9 Å². The molecule has 1 aliphatic heterocycles. The molecule has 52 valence electrons. The van der Waals surface area contributed by atoms with E-state index >= 15 is 0 Å². The number of rotatable bonds is 1. The van der Waals surface area contributed by atoms with Crippen molar-refractivity contribution in [1.82, 2.24) is 0 Å². The van der Waals surface area contributed by atoms with Crippen molar-refractivity contribution in [3.8, 4) is 0 Å². The van der Waals surface area contributed by atoms with Gasteiger partial charge in [-0.25, -0.2) is 0 Å². The number of esters is 1. The van der Waals surface area contributed by atoms with Crippen LogP contribution < -0.4 is 0 Å². The van der Waals surface area contributed by atoms with Gasteiger partial charge in [-0.05, 0) is 0 Å². The third kappa shape index (κ3) is 1.24. The maximum atomic E-state index is 10.6. The predicted octanol–water partition coefficient (Wildman–Crippen LogP) is 0.322. The van der Waals surface area contributed by atoms with Crippen molar-refractivity contribution in [2.75, 3.05) is 13.7 Å². The largest absolute Gasteiger partial charge is 0.462 e. The average molecular weight is 195 g/mol. The molecule has 1 rings (SSSR count). The Morgan fingerprint density at radius 2 is 2.56 bits per heavy atom. The van der Waals surface area contributed by atoms with Crippen molar-refractivity contribution in [2.45, 2.75) is 10.9 Å². The molecule has 0 bridgehead atoms. The number of ether oxygens (including phenoxy) is 2. The molecule has 0 radical (unpaired) electrons. The van der Waals surface area contributed by atoms with Crippen molar-refractivity contribution < 1.29 is 14.3 Å². The molecular weight excluding hydrogens is 188 g/mol. The van der Waals surface area contributed by atoms with E-state index in [-0.39, 0.29) is 16.9 Å². The number of methoxy groups -OCH3 is 1. The van der Waals surface area contributed by atoms with Crippen LogP contribution in [0, 0.1) is 0 Å². The molecule has 9 heavy (non-hydrogen) atoms. The van der Waals surface area contributed by atoms with Crippen LogP contribution in [0.25, 0.3) is 0 Å². The molecular formula is C5H7BrO3. The number of cyclic esters (lactones) is 1. The third-order valence-electron chi connectivity index (χ3n) is 1.24. The van der Waals surface area contributed by atoms with Gasteiger partial charge in [-0.3, -0.25) is 4.79 Å². The van der Waals surface area contributed by atoms with Crippen molar-refractivity contribution >= 4 is 21.9 Å². The number of hydrogen-bond donors (Lipinski definition) is 0. The molecule has 0 amide bonds. The van der Waals surface area contributed by atoms with Crippen LogP contribution in [-0.2, 0) is 14.3 Å². The highest BCUT2D eigenvalue weighted by molar-refractivity contribution is 9.10. The fraction of sp³-hybridized carbons (Fsp3) is 0.800. The second-order valence-electron chi connectivity index (χ2n) is 1.81. The summed E-state index contributed by atoms with van der Waals surface area (Å²) in [5.74, 6) is -0.234. The van der Waals surface area contributed by atoms with E-state index in [1.807, 2.05) is 0 Å². The first-order valence-corrected chi connectivity index (χ1v) is 3.51. The molecule has 2 unspecified atom stereocenters. The Labute approximate surface area is 61.4 Å². The number of carbonyl (C=O) groups excluding carboxylic acids is 1. The lowest BCUT2D eigenvalue weighted by atomic mass is 10.3. The Morgan fingerprint density at radius 1 is 1.89 bits per heavy atom. The fourth-order valence-corrected chi connectivity index (χ4v) is 1.17. The zero-order valence-electron chi connectivity index (χ0n) is 4.96. The summed E-state index contributed by atoms with van der Waals surface area (Å²) in [6.07, 6.45) is -0.113. The summed E-state index contributed by atoms with van der Waals surface area (Å²) in [6.45, 7) is 0.366. The maximum absolute atomic E-state index is 10.6. The first-order valence-electron chi connectivity index (χ1n) is 2.59. The van der Waals surface area contributed by atoms with Crippen LogP contribution >= 0.6 is 15.9 Å². The third-order valence-corrected chi connectivity index (χ3v) is 2.21. The Morgan fingerprint density at radius 3 is 2.78 bits per heavy atom. The molecule has 1 heterocycles. The second kappa shape index (κ2) is 2.66. The molecule has 1 aliphatic rings. The quantitative estimate of drug-likeness (QED) is 0.446. The van der Waals surface area contributed by atoms with Crippen LogP contribution in [0.1, 0.15) is 0 Å². The normalized spacial score (nSPS) is 34.7. The molecule has 0 aliphatic carbocycles. The molecule has 0 N–H and O–H groups in total. The Hall–Kier alpha value is -0.0900. The highest BCUT2D eigenvalue weighted by Gasteiger charge is 2.34. The molecule has 1 fully saturated rings. The zero-order valence-corrected chi connectivity index (χ0v) is 6.55. The molecule has 1 saturated heterocycles. The summed E-state index contributed by atoms with van der Waals surface area (Å²) in [4.78, 5) is 10.3. The van der Waals surface area contributed by atoms with Gasteiger partial charge in [0.05, 0.1) is 0 Å². The van der Waals surface area contributed by atoms with Gasteiger partial charge < -0.3 is 9.47 Å². The summed E-state index contributed by atoms with van der Waals surface area (Å²) in [7, 11) is 1.56. The van der Waals surface area contributed by atoms with E-state index in [2.05, 4.69) is 20.7 Å². The number of carbonyl (C=O) groups is 1. The summed E-state index contributed by atoms with van der Waals surface area (Å²) in [6, 6.07) is 0. The van der Waals surface area contributed by atoms with Gasteiger partial charge in [-0.15, -0.1) is 0 Å². The zero-order chi connectivity index (χ0) is 6.85. The molecule has 4 heteroatoms. The van der Waals surface area contributed by atoms with Gasteiger partial charge in [0.25, 0.3) is 0 Å². The Bertz CT molecular complexity index is 125. The fourth-order valence-electron chi connectivity index (χ4n) is 0.668. The van der Waals surface area contributed by atoms with Gasteiger partial charge in [-0.2, -0.15) is 0 Å². The van der Waals surface area contributed by atoms with E-state index in [0.717, 1.165) is 0 Å². The van der Waals surface area contributed by atoms with Gasteiger partial charge in [0.15, 0.2) is 0 Å². The number of hydrogen-bond acceptors (Lipinski definition) is 3. The molecule has 0 saturated carbocycles. The molecule has 0 aromatic rings. The second-order valence-corrected chi connectivity index (χ2v) is 2.79. The van der Waals surface area contributed by atoms with E-state index < -0.39 is 0 Å². The molecule has 0 aromatic carbocycles. The monoisotopic (exact) mass is 194 g/mol. The van der Waals surface area contributed by atoms with Crippen LogP contribution in [0.2, 0.25) is 0 Å². The molecule has 0 aromatic heterocycles. The first kappa shape index (κ1) is 7.02. The molecule has 2 atom stereocenters. The standard InChI is InChI=1S/C5H7BrO3/c1-8-3-2-9-5(7)4(3)6/h3-4H,2H2,1H3. The highest BCUT2D eigenvalue weighted by Crippen LogP contribution is 2.17. The predicted molar refractivity (Wildman–Crippen MR) is 34.5 cm³/mol. The summed E-state index contributed by atoms with van der Waals surface area (Å²) in [5.41, 5.74) is 0. The lowest BCUT2D eigenvalue weighted by Gasteiger charge is -2.04. The van der Waals surface area contributed by atoms with E-state index in [4.69, 9.17) is 4.74 Å². The SMILES string of the molecule is COC1COC(=O)C1Br. The lowest BCUT2D eigenvalue weighted by Crippen LogP contribution is -2.22. The van der Waals surface area contributed by atoms with Crippen molar-refractivity contribution in [1.29, 1.82) is 0 Å². The van der Waals surface area contributed by atoms with E-state index in [9.17, 15) is 4.79 Å². The smallest absolute Gasteiger partial charge is 0.322 e. The number of halogens is 1. The Balaban J connectivity index is 2.51. The molecule has 3 nitrogen and oxygen atoms in total. The van der Waals surface area contributed by atoms with Crippen LogP contribution in [0.4, 0.5) is 0 Å². The average Bonchev–Trinajstić information content (AvgIpc) is 2.15. The van der Waals surface area contributed by atoms with Crippen LogP contribution in [0.3, 0.4) is 0 Å². The van der Waals surface area contributed by atoms with Gasteiger partial charge in [0.2, 0.25) is 0 Å².